The van der Waals surface area contributed by atoms with Gasteiger partial charge in [-0.1, -0.05) is 63.2 Å². The first kappa shape index (κ1) is 16.6. The molecule has 0 saturated heterocycles. The maximum absolute atomic E-state index is 13.5. The Hall–Kier alpha value is -2.55. The summed E-state index contributed by atoms with van der Waals surface area (Å²) < 4.78 is 4.01. The minimum absolute atomic E-state index is 0.0726. The van der Waals surface area contributed by atoms with Crippen LogP contribution in [0.25, 0.3) is 16.8 Å². The third kappa shape index (κ3) is 1.95. The number of aromatic nitrogens is 2. The van der Waals surface area contributed by atoms with Gasteiger partial charge in [0.05, 0.1) is 11.4 Å². The van der Waals surface area contributed by atoms with Crippen molar-refractivity contribution in [3.63, 3.8) is 0 Å². The number of hydrogen-bond donors (Lipinski definition) is 0. The number of hydrogen-bond acceptors (Lipinski definition) is 1. The van der Waals surface area contributed by atoms with E-state index in [0.717, 1.165) is 23.2 Å². The second-order valence-corrected chi connectivity index (χ2v) is 8.96. The van der Waals surface area contributed by atoms with Crippen molar-refractivity contribution in [3.8, 4) is 16.8 Å². The van der Waals surface area contributed by atoms with Crippen LogP contribution in [0.15, 0.2) is 59.4 Å². The summed E-state index contributed by atoms with van der Waals surface area (Å²) in [5.74, 6) is 0.370. The Morgan fingerprint density at radius 3 is 2.37 bits per heavy atom. The lowest BCUT2D eigenvalue weighted by Crippen LogP contribution is -2.35. The zero-order valence-corrected chi connectivity index (χ0v) is 16.5. The summed E-state index contributed by atoms with van der Waals surface area (Å²) in [5.41, 5.74) is 5.94. The Bertz CT molecular complexity index is 1100. The van der Waals surface area contributed by atoms with Gasteiger partial charge in [0.1, 0.15) is 0 Å². The Labute approximate surface area is 160 Å². The van der Waals surface area contributed by atoms with Gasteiger partial charge in [0.25, 0.3) is 5.56 Å². The number of benzene rings is 2. The Balaban J connectivity index is 1.71. The van der Waals surface area contributed by atoms with E-state index < -0.39 is 0 Å². The summed E-state index contributed by atoms with van der Waals surface area (Å²) in [4.78, 5) is 13.5. The molecule has 2 atom stereocenters. The van der Waals surface area contributed by atoms with Gasteiger partial charge in [0.2, 0.25) is 0 Å². The van der Waals surface area contributed by atoms with Crippen molar-refractivity contribution < 1.29 is 0 Å². The molecule has 27 heavy (non-hydrogen) atoms. The summed E-state index contributed by atoms with van der Waals surface area (Å²) in [7, 11) is 2.05. The van der Waals surface area contributed by atoms with Crippen LogP contribution in [0.1, 0.15) is 50.8 Å². The van der Waals surface area contributed by atoms with Crippen molar-refractivity contribution in [2.75, 3.05) is 0 Å². The molecule has 1 saturated carbocycles. The Kier molecular flexibility index (Phi) is 3.23. The minimum atomic E-state index is 0.0726. The summed E-state index contributed by atoms with van der Waals surface area (Å²) in [6.45, 7) is 7.03. The molecule has 2 aromatic carbocycles. The lowest BCUT2D eigenvalue weighted by Gasteiger charge is -2.36. The third-order valence-electron chi connectivity index (χ3n) is 7.60. The Morgan fingerprint density at radius 1 is 0.963 bits per heavy atom. The molecule has 2 bridgehead atoms. The van der Waals surface area contributed by atoms with E-state index in [2.05, 4.69) is 56.8 Å². The van der Waals surface area contributed by atoms with Crippen LogP contribution in [0, 0.1) is 5.41 Å². The molecule has 1 fully saturated rings. The van der Waals surface area contributed by atoms with Crippen molar-refractivity contribution in [1.82, 2.24) is 9.36 Å². The molecule has 5 rings (SSSR count). The van der Waals surface area contributed by atoms with E-state index in [0.29, 0.717) is 5.92 Å². The van der Waals surface area contributed by atoms with Crippen LogP contribution in [0.4, 0.5) is 0 Å². The molecule has 0 aliphatic heterocycles. The highest BCUT2D eigenvalue weighted by molar-refractivity contribution is 5.66. The first-order valence-corrected chi connectivity index (χ1v) is 9.84. The van der Waals surface area contributed by atoms with Crippen LogP contribution in [-0.4, -0.2) is 9.36 Å². The van der Waals surface area contributed by atoms with Gasteiger partial charge < -0.3 is 0 Å². The molecule has 0 N–H and O–H groups in total. The molecule has 3 nitrogen and oxygen atoms in total. The van der Waals surface area contributed by atoms with Gasteiger partial charge in [0, 0.05) is 18.0 Å². The van der Waals surface area contributed by atoms with Gasteiger partial charge in [0.15, 0.2) is 0 Å². The summed E-state index contributed by atoms with van der Waals surface area (Å²) in [6.07, 6.45) is 2.29. The number of fused-ring (bicyclic) bond motifs is 5. The molecule has 2 aliphatic carbocycles. The molecule has 0 unspecified atom stereocenters. The van der Waals surface area contributed by atoms with E-state index in [9.17, 15) is 4.79 Å². The molecule has 138 valence electrons. The molecule has 0 amide bonds. The molecule has 1 heterocycles. The van der Waals surface area contributed by atoms with Gasteiger partial charge in [-0.25, -0.2) is 4.68 Å². The van der Waals surface area contributed by atoms with Crippen LogP contribution in [0.5, 0.6) is 0 Å². The normalized spacial score (nSPS) is 25.0. The zero-order chi connectivity index (χ0) is 19.0. The number of rotatable bonds is 2. The van der Waals surface area contributed by atoms with E-state index in [1.165, 1.54) is 17.7 Å². The minimum Gasteiger partial charge on any atom is -0.284 e. The van der Waals surface area contributed by atoms with Crippen molar-refractivity contribution in [2.24, 2.45) is 12.5 Å². The van der Waals surface area contributed by atoms with Crippen molar-refractivity contribution in [1.29, 1.82) is 0 Å². The van der Waals surface area contributed by atoms with Gasteiger partial charge in [-0.05, 0) is 47.4 Å². The van der Waals surface area contributed by atoms with Crippen LogP contribution < -0.4 is 5.56 Å². The maximum atomic E-state index is 13.5. The van der Waals surface area contributed by atoms with Gasteiger partial charge >= 0.3 is 0 Å². The lowest BCUT2D eigenvalue weighted by molar-refractivity contribution is 0.218. The van der Waals surface area contributed by atoms with Crippen LogP contribution in [0.2, 0.25) is 0 Å². The standard InChI is InChI=1S/C24H26N2O/c1-23(2)19-13-14-24(23,3)21-20(19)22(27)26(25(21)4)18-12-8-11-17(15-18)16-9-6-5-7-10-16/h5-12,15,19H,13-14H2,1-4H3/t19-,24+/m1/s1. The fourth-order valence-electron chi connectivity index (χ4n) is 5.76. The first-order valence-electron chi connectivity index (χ1n) is 9.84. The second kappa shape index (κ2) is 5.25. The monoisotopic (exact) mass is 358 g/mol. The summed E-state index contributed by atoms with van der Waals surface area (Å²) >= 11 is 0. The highest BCUT2D eigenvalue weighted by Gasteiger charge is 2.62. The molecule has 0 spiro atoms. The molecule has 1 aromatic heterocycles. The summed E-state index contributed by atoms with van der Waals surface area (Å²) in [6, 6.07) is 18.7. The molecule has 2 aliphatic rings. The predicted molar refractivity (Wildman–Crippen MR) is 110 cm³/mol. The fraction of sp³-hybridized carbons (Fsp3) is 0.375. The average Bonchev–Trinajstić information content (AvgIpc) is 3.14. The van der Waals surface area contributed by atoms with Crippen LogP contribution >= 0.6 is 0 Å². The van der Waals surface area contributed by atoms with Crippen molar-refractivity contribution in [2.45, 2.75) is 44.9 Å². The van der Waals surface area contributed by atoms with E-state index in [1.807, 2.05) is 35.0 Å². The zero-order valence-electron chi connectivity index (χ0n) is 16.5. The molecular formula is C24H26N2O. The third-order valence-corrected chi connectivity index (χ3v) is 7.60. The second-order valence-electron chi connectivity index (χ2n) is 8.96. The van der Waals surface area contributed by atoms with Crippen molar-refractivity contribution in [3.05, 3.63) is 76.2 Å². The lowest BCUT2D eigenvalue weighted by atomic mass is 9.70. The predicted octanol–water partition coefficient (Wildman–Crippen LogP) is 5.02. The topological polar surface area (TPSA) is 26.9 Å². The highest BCUT2D eigenvalue weighted by atomic mass is 16.1. The summed E-state index contributed by atoms with van der Waals surface area (Å²) in [5, 5.41) is 0. The largest absolute Gasteiger partial charge is 0.284 e. The quantitative estimate of drug-likeness (QED) is 0.632. The van der Waals surface area contributed by atoms with E-state index in [4.69, 9.17) is 0 Å². The SMILES string of the molecule is Cn1c2c(c(=O)n1-c1cccc(-c3ccccc3)c1)[C@H]1CC[C@]2(C)C1(C)C. The molecular weight excluding hydrogens is 332 g/mol. The van der Waals surface area contributed by atoms with Crippen LogP contribution in [-0.2, 0) is 12.5 Å². The smallest absolute Gasteiger partial charge is 0.275 e. The average molecular weight is 358 g/mol. The maximum Gasteiger partial charge on any atom is 0.275 e. The van der Waals surface area contributed by atoms with E-state index >= 15 is 0 Å². The Morgan fingerprint density at radius 2 is 1.67 bits per heavy atom. The number of nitrogens with zero attached hydrogens (tertiary/aromatic N) is 2. The highest BCUT2D eigenvalue weighted by Crippen LogP contribution is 2.66. The molecule has 0 radical (unpaired) electrons. The van der Waals surface area contributed by atoms with Crippen molar-refractivity contribution >= 4 is 0 Å². The van der Waals surface area contributed by atoms with E-state index in [1.54, 1.807) is 0 Å². The van der Waals surface area contributed by atoms with Gasteiger partial charge in [-0.2, -0.15) is 0 Å². The van der Waals surface area contributed by atoms with Gasteiger partial charge in [-0.15, -0.1) is 0 Å². The first-order chi connectivity index (χ1) is 12.9. The van der Waals surface area contributed by atoms with Gasteiger partial charge in [-0.3, -0.25) is 9.48 Å². The molecule has 3 heteroatoms. The van der Waals surface area contributed by atoms with E-state index in [-0.39, 0.29) is 16.4 Å². The molecule has 3 aromatic rings. The fourth-order valence-corrected chi connectivity index (χ4v) is 5.76. The van der Waals surface area contributed by atoms with Crippen LogP contribution in [0.3, 0.4) is 0 Å².